The van der Waals surface area contributed by atoms with Crippen LogP contribution in [0.25, 0.3) is 0 Å². The van der Waals surface area contributed by atoms with Gasteiger partial charge in [0.05, 0.1) is 17.8 Å². The average molecular weight is 279 g/mol. The fraction of sp³-hybridized carbons (Fsp3) is 0.533. The van der Waals surface area contributed by atoms with Crippen LogP contribution >= 0.6 is 0 Å². The molecule has 5 nitrogen and oxygen atoms in total. The van der Waals surface area contributed by atoms with Crippen LogP contribution < -0.4 is 9.64 Å². The van der Waals surface area contributed by atoms with Gasteiger partial charge in [0.1, 0.15) is 12.2 Å². The molecule has 1 atom stereocenters. The van der Waals surface area contributed by atoms with Crippen LogP contribution in [-0.4, -0.2) is 41.5 Å². The second kappa shape index (κ2) is 5.32. The number of anilines is 1. The number of carbonyl (C=O) groups is 1. The van der Waals surface area contributed by atoms with Gasteiger partial charge in [-0.2, -0.15) is 0 Å². The van der Waals surface area contributed by atoms with Crippen LogP contribution in [0.4, 0.5) is 5.69 Å². The van der Waals surface area contributed by atoms with E-state index < -0.39 is 11.6 Å². The van der Waals surface area contributed by atoms with Crippen molar-refractivity contribution in [2.24, 2.45) is 5.92 Å². The first-order valence-electron chi connectivity index (χ1n) is 6.79. The van der Waals surface area contributed by atoms with Gasteiger partial charge in [0.15, 0.2) is 5.75 Å². The number of rotatable bonds is 4. The van der Waals surface area contributed by atoms with E-state index in [0.717, 1.165) is 5.69 Å². The highest BCUT2D eigenvalue weighted by atomic mass is 16.5. The highest BCUT2D eigenvalue weighted by molar-refractivity contribution is 5.93. The Morgan fingerprint density at radius 1 is 1.50 bits per heavy atom. The molecule has 0 spiro atoms. The number of carboxylic acid groups (broad SMARTS) is 1. The molecule has 20 heavy (non-hydrogen) atoms. The van der Waals surface area contributed by atoms with E-state index in [1.807, 2.05) is 24.8 Å². The molecule has 5 heteroatoms. The van der Waals surface area contributed by atoms with E-state index in [4.69, 9.17) is 4.74 Å². The number of nitrogens with zero attached hydrogens (tertiary/aromatic N) is 1. The third-order valence-corrected chi connectivity index (χ3v) is 3.93. The molecule has 1 aliphatic rings. The molecule has 1 heterocycles. The average Bonchev–Trinajstić information content (AvgIpc) is 2.37. The lowest BCUT2D eigenvalue weighted by Crippen LogP contribution is -2.47. The van der Waals surface area contributed by atoms with Crippen molar-refractivity contribution in [3.63, 3.8) is 0 Å². The minimum Gasteiger partial charge on any atom is -0.489 e. The number of fused-ring (bicyclic) bond motifs is 1. The van der Waals surface area contributed by atoms with Crippen LogP contribution in [0.5, 0.6) is 5.75 Å². The number of carboxylic acids is 1. The highest BCUT2D eigenvalue weighted by Crippen LogP contribution is 2.36. The van der Waals surface area contributed by atoms with Crippen molar-refractivity contribution in [3.05, 3.63) is 23.8 Å². The standard InChI is InChI=1S/C15H21NO4/c1-10(2)15(3,19)9-16-7-8-20-13-11(14(17)18)5-4-6-12(13)16/h4-6,10,19H,7-9H2,1-3H3,(H,17,18). The first-order valence-corrected chi connectivity index (χ1v) is 6.79. The Bertz CT molecular complexity index is 511. The lowest BCUT2D eigenvalue weighted by molar-refractivity contribution is 0.0195. The van der Waals surface area contributed by atoms with E-state index >= 15 is 0 Å². The first-order chi connectivity index (χ1) is 9.33. The van der Waals surface area contributed by atoms with Crippen molar-refractivity contribution in [1.82, 2.24) is 0 Å². The van der Waals surface area contributed by atoms with E-state index in [1.165, 1.54) is 6.07 Å². The number of aliphatic hydroxyl groups is 1. The SMILES string of the molecule is CC(C)C(C)(O)CN1CCOc2c(C(=O)O)cccc21. The predicted octanol–water partition coefficient (Wildman–Crippen LogP) is 1.99. The third-order valence-electron chi connectivity index (χ3n) is 3.93. The van der Waals surface area contributed by atoms with Gasteiger partial charge < -0.3 is 19.8 Å². The number of ether oxygens (including phenoxy) is 1. The quantitative estimate of drug-likeness (QED) is 0.882. The molecule has 1 aromatic rings. The molecule has 1 aliphatic heterocycles. The lowest BCUT2D eigenvalue weighted by Gasteiger charge is -2.38. The van der Waals surface area contributed by atoms with Gasteiger partial charge in [0, 0.05) is 6.54 Å². The summed E-state index contributed by atoms with van der Waals surface area (Å²) in [5, 5.41) is 19.6. The summed E-state index contributed by atoms with van der Waals surface area (Å²) in [5.41, 5.74) is 0.0573. The molecular formula is C15H21NO4. The predicted molar refractivity (Wildman–Crippen MR) is 76.6 cm³/mol. The summed E-state index contributed by atoms with van der Waals surface area (Å²) >= 11 is 0. The second-order valence-electron chi connectivity index (χ2n) is 5.74. The number of para-hydroxylation sites is 1. The van der Waals surface area contributed by atoms with Crippen molar-refractivity contribution in [2.45, 2.75) is 26.4 Å². The van der Waals surface area contributed by atoms with Crippen LogP contribution in [0.1, 0.15) is 31.1 Å². The van der Waals surface area contributed by atoms with Crippen molar-refractivity contribution in [3.8, 4) is 5.75 Å². The Balaban J connectivity index is 2.34. The highest BCUT2D eigenvalue weighted by Gasteiger charge is 2.31. The van der Waals surface area contributed by atoms with Crippen molar-refractivity contribution in [1.29, 1.82) is 0 Å². The molecule has 0 aliphatic carbocycles. The maximum Gasteiger partial charge on any atom is 0.339 e. The molecule has 0 amide bonds. The van der Waals surface area contributed by atoms with Crippen LogP contribution in [0, 0.1) is 5.92 Å². The summed E-state index contributed by atoms with van der Waals surface area (Å²) in [7, 11) is 0. The van der Waals surface area contributed by atoms with Gasteiger partial charge in [-0.25, -0.2) is 4.79 Å². The number of hydrogen-bond acceptors (Lipinski definition) is 4. The minimum atomic E-state index is -1.00. The zero-order valence-electron chi connectivity index (χ0n) is 12.1. The largest absolute Gasteiger partial charge is 0.489 e. The summed E-state index contributed by atoms with van der Waals surface area (Å²) in [6, 6.07) is 5.07. The Labute approximate surface area is 118 Å². The zero-order chi connectivity index (χ0) is 14.9. The summed E-state index contributed by atoms with van der Waals surface area (Å²) in [6.07, 6.45) is 0. The van der Waals surface area contributed by atoms with Gasteiger partial charge in [-0.05, 0) is 25.0 Å². The number of aromatic carboxylic acids is 1. The minimum absolute atomic E-state index is 0.108. The monoisotopic (exact) mass is 279 g/mol. The van der Waals surface area contributed by atoms with Gasteiger partial charge in [0.25, 0.3) is 0 Å². The summed E-state index contributed by atoms with van der Waals surface area (Å²) in [6.45, 7) is 7.24. The summed E-state index contributed by atoms with van der Waals surface area (Å²) < 4.78 is 5.52. The first kappa shape index (κ1) is 14.7. The third kappa shape index (κ3) is 2.72. The van der Waals surface area contributed by atoms with Crippen molar-refractivity contribution in [2.75, 3.05) is 24.6 Å². The molecular weight excluding hydrogens is 258 g/mol. The fourth-order valence-corrected chi connectivity index (χ4v) is 2.21. The Kier molecular flexibility index (Phi) is 3.90. The van der Waals surface area contributed by atoms with Gasteiger partial charge in [-0.1, -0.05) is 19.9 Å². The van der Waals surface area contributed by atoms with E-state index in [-0.39, 0.29) is 11.5 Å². The Morgan fingerprint density at radius 2 is 2.20 bits per heavy atom. The van der Waals surface area contributed by atoms with Gasteiger partial charge in [-0.15, -0.1) is 0 Å². The molecule has 0 radical (unpaired) electrons. The molecule has 2 rings (SSSR count). The molecule has 2 N–H and O–H groups in total. The fourth-order valence-electron chi connectivity index (χ4n) is 2.21. The summed E-state index contributed by atoms with van der Waals surface area (Å²) in [4.78, 5) is 13.2. The number of hydrogen-bond donors (Lipinski definition) is 2. The molecule has 0 fully saturated rings. The molecule has 0 aromatic heterocycles. The Hall–Kier alpha value is -1.75. The van der Waals surface area contributed by atoms with Gasteiger partial charge >= 0.3 is 5.97 Å². The van der Waals surface area contributed by atoms with Gasteiger partial charge in [0.2, 0.25) is 0 Å². The smallest absolute Gasteiger partial charge is 0.339 e. The number of benzene rings is 1. The van der Waals surface area contributed by atoms with E-state index in [0.29, 0.717) is 25.4 Å². The summed E-state index contributed by atoms with van der Waals surface area (Å²) in [5.74, 6) is -0.499. The molecule has 0 saturated heterocycles. The van der Waals surface area contributed by atoms with Crippen molar-refractivity contribution < 1.29 is 19.7 Å². The molecule has 0 saturated carbocycles. The maximum atomic E-state index is 11.2. The normalized spacial score (nSPS) is 17.4. The maximum absolute atomic E-state index is 11.2. The lowest BCUT2D eigenvalue weighted by atomic mass is 9.91. The topological polar surface area (TPSA) is 70.0 Å². The van der Waals surface area contributed by atoms with E-state index in [9.17, 15) is 15.0 Å². The molecule has 0 bridgehead atoms. The molecule has 1 aromatic carbocycles. The van der Waals surface area contributed by atoms with E-state index in [2.05, 4.69) is 0 Å². The van der Waals surface area contributed by atoms with Crippen LogP contribution in [0.2, 0.25) is 0 Å². The van der Waals surface area contributed by atoms with Crippen LogP contribution in [-0.2, 0) is 0 Å². The van der Waals surface area contributed by atoms with Crippen molar-refractivity contribution >= 4 is 11.7 Å². The van der Waals surface area contributed by atoms with Crippen LogP contribution in [0.15, 0.2) is 18.2 Å². The van der Waals surface area contributed by atoms with Gasteiger partial charge in [-0.3, -0.25) is 0 Å². The van der Waals surface area contributed by atoms with E-state index in [1.54, 1.807) is 13.0 Å². The second-order valence-corrected chi connectivity index (χ2v) is 5.74. The molecule has 110 valence electrons. The number of β-amino-alcohol motifs (C(OH)–C–C–N with tert-alkyl or cyclic N) is 1. The Morgan fingerprint density at radius 3 is 2.80 bits per heavy atom. The zero-order valence-corrected chi connectivity index (χ0v) is 12.1. The molecule has 1 unspecified atom stereocenters. The van der Waals surface area contributed by atoms with Crippen LogP contribution in [0.3, 0.4) is 0 Å².